The molecule has 0 radical (unpaired) electrons. The third-order valence-electron chi connectivity index (χ3n) is 1.63. The van der Waals surface area contributed by atoms with Crippen molar-refractivity contribution < 1.29 is 9.90 Å². The summed E-state index contributed by atoms with van der Waals surface area (Å²) in [5, 5.41) is 8.81. The maximum absolute atomic E-state index is 10.7. The van der Waals surface area contributed by atoms with Gasteiger partial charge in [0.15, 0.2) is 11.5 Å². The third-order valence-corrected chi connectivity index (χ3v) is 1.63. The van der Waals surface area contributed by atoms with Gasteiger partial charge in [-0.3, -0.25) is 0 Å². The lowest BCUT2D eigenvalue weighted by atomic mass is 10.2. The molecule has 0 saturated carbocycles. The molecule has 0 bridgehead atoms. The second-order valence-corrected chi connectivity index (χ2v) is 3.33. The highest BCUT2D eigenvalue weighted by Crippen LogP contribution is 2.11. The first-order valence-electron chi connectivity index (χ1n) is 4.06. The van der Waals surface area contributed by atoms with Gasteiger partial charge in [-0.05, 0) is 5.92 Å². The zero-order chi connectivity index (χ0) is 10.0. The highest BCUT2D eigenvalue weighted by atomic mass is 16.4. The Kier molecular flexibility index (Phi) is 2.55. The fraction of sp³-hybridized carbons (Fsp3) is 0.500. The van der Waals surface area contributed by atoms with Gasteiger partial charge in [0, 0.05) is 6.54 Å². The smallest absolute Gasteiger partial charge is 0.356 e. The highest BCUT2D eigenvalue weighted by Gasteiger charge is 2.15. The van der Waals surface area contributed by atoms with Crippen molar-refractivity contribution >= 4 is 11.8 Å². The van der Waals surface area contributed by atoms with Crippen LogP contribution < -0.4 is 5.73 Å². The van der Waals surface area contributed by atoms with Gasteiger partial charge in [-0.25, -0.2) is 9.78 Å². The zero-order valence-corrected chi connectivity index (χ0v) is 7.69. The molecule has 5 heteroatoms. The topological polar surface area (TPSA) is 81.1 Å². The summed E-state index contributed by atoms with van der Waals surface area (Å²) < 4.78 is 1.56. The minimum absolute atomic E-state index is 0.0770. The lowest BCUT2D eigenvalue weighted by Gasteiger charge is -2.07. The van der Waals surface area contributed by atoms with E-state index < -0.39 is 5.97 Å². The molecule has 72 valence electrons. The van der Waals surface area contributed by atoms with E-state index in [2.05, 4.69) is 4.98 Å². The van der Waals surface area contributed by atoms with Crippen LogP contribution in [0.25, 0.3) is 0 Å². The number of imidazole rings is 1. The average Bonchev–Trinajstić information content (AvgIpc) is 2.30. The molecule has 1 heterocycles. The Morgan fingerprint density at radius 2 is 2.38 bits per heavy atom. The molecule has 0 aliphatic heterocycles. The van der Waals surface area contributed by atoms with E-state index in [4.69, 9.17) is 10.8 Å². The third kappa shape index (κ3) is 1.99. The minimum atomic E-state index is -1.03. The van der Waals surface area contributed by atoms with Gasteiger partial charge in [0.25, 0.3) is 0 Å². The van der Waals surface area contributed by atoms with Crippen molar-refractivity contribution in [2.24, 2.45) is 5.92 Å². The summed E-state index contributed by atoms with van der Waals surface area (Å²) in [5.74, 6) is -0.587. The molecule has 0 aliphatic carbocycles. The van der Waals surface area contributed by atoms with E-state index in [1.807, 2.05) is 13.8 Å². The van der Waals surface area contributed by atoms with Gasteiger partial charge in [0.05, 0.1) is 6.33 Å². The lowest BCUT2D eigenvalue weighted by Crippen LogP contribution is -2.12. The van der Waals surface area contributed by atoms with Gasteiger partial charge in [0.1, 0.15) is 0 Å². The molecule has 0 aliphatic rings. The van der Waals surface area contributed by atoms with Crippen LogP contribution in [0, 0.1) is 5.92 Å². The molecule has 0 atom stereocenters. The largest absolute Gasteiger partial charge is 0.476 e. The SMILES string of the molecule is CC(C)Cn1cnc(N)c1C(=O)O. The molecule has 0 saturated heterocycles. The molecule has 5 nitrogen and oxygen atoms in total. The quantitative estimate of drug-likeness (QED) is 0.726. The van der Waals surface area contributed by atoms with Crippen LogP contribution in [-0.4, -0.2) is 20.6 Å². The van der Waals surface area contributed by atoms with Crippen LogP contribution in [0.15, 0.2) is 6.33 Å². The number of carbonyl (C=O) groups is 1. The van der Waals surface area contributed by atoms with Gasteiger partial charge < -0.3 is 15.4 Å². The predicted molar refractivity (Wildman–Crippen MR) is 48.4 cm³/mol. The Bertz CT molecular complexity index is 317. The van der Waals surface area contributed by atoms with Gasteiger partial charge in [-0.2, -0.15) is 0 Å². The Labute approximate surface area is 76.2 Å². The summed E-state index contributed by atoms with van der Waals surface area (Å²) in [6.07, 6.45) is 1.46. The van der Waals surface area contributed by atoms with Crippen molar-refractivity contribution in [2.75, 3.05) is 5.73 Å². The van der Waals surface area contributed by atoms with E-state index in [0.29, 0.717) is 12.5 Å². The zero-order valence-electron chi connectivity index (χ0n) is 7.69. The lowest BCUT2D eigenvalue weighted by molar-refractivity contribution is 0.0685. The Morgan fingerprint density at radius 3 is 2.85 bits per heavy atom. The van der Waals surface area contributed by atoms with Crippen molar-refractivity contribution in [3.05, 3.63) is 12.0 Å². The first kappa shape index (κ1) is 9.57. The molecular formula is C8H13N3O2. The molecule has 0 spiro atoms. The molecule has 1 aromatic rings. The number of hydrogen-bond donors (Lipinski definition) is 2. The van der Waals surface area contributed by atoms with Crippen molar-refractivity contribution in [3.63, 3.8) is 0 Å². The number of nitrogens with zero attached hydrogens (tertiary/aromatic N) is 2. The Morgan fingerprint density at radius 1 is 1.77 bits per heavy atom. The number of rotatable bonds is 3. The van der Waals surface area contributed by atoms with Gasteiger partial charge in [0.2, 0.25) is 0 Å². The van der Waals surface area contributed by atoms with Gasteiger partial charge >= 0.3 is 5.97 Å². The van der Waals surface area contributed by atoms with Crippen LogP contribution in [0.4, 0.5) is 5.82 Å². The van der Waals surface area contributed by atoms with Crippen LogP contribution in [0.5, 0.6) is 0 Å². The van der Waals surface area contributed by atoms with E-state index in [0.717, 1.165) is 0 Å². The molecule has 0 amide bonds. The van der Waals surface area contributed by atoms with Crippen molar-refractivity contribution in [1.29, 1.82) is 0 Å². The summed E-state index contributed by atoms with van der Waals surface area (Å²) in [4.78, 5) is 14.5. The monoisotopic (exact) mass is 183 g/mol. The first-order valence-corrected chi connectivity index (χ1v) is 4.06. The molecule has 3 N–H and O–H groups in total. The molecule has 0 fully saturated rings. The maximum atomic E-state index is 10.7. The van der Waals surface area contributed by atoms with E-state index in [9.17, 15) is 4.79 Å². The molecule has 1 aromatic heterocycles. The Hall–Kier alpha value is -1.52. The highest BCUT2D eigenvalue weighted by molar-refractivity contribution is 5.90. The second kappa shape index (κ2) is 3.47. The van der Waals surface area contributed by atoms with Crippen molar-refractivity contribution in [3.8, 4) is 0 Å². The normalized spacial score (nSPS) is 10.7. The summed E-state index contributed by atoms with van der Waals surface area (Å²) in [6.45, 7) is 4.62. The molecule has 1 rings (SSSR count). The number of anilines is 1. The average molecular weight is 183 g/mol. The van der Waals surface area contributed by atoms with Crippen LogP contribution in [-0.2, 0) is 6.54 Å². The second-order valence-electron chi connectivity index (χ2n) is 3.33. The summed E-state index contributed by atoms with van der Waals surface area (Å²) >= 11 is 0. The van der Waals surface area contributed by atoms with Gasteiger partial charge in [-0.15, -0.1) is 0 Å². The van der Waals surface area contributed by atoms with Crippen molar-refractivity contribution in [1.82, 2.24) is 9.55 Å². The molecular weight excluding hydrogens is 170 g/mol. The van der Waals surface area contributed by atoms with Crippen molar-refractivity contribution in [2.45, 2.75) is 20.4 Å². The fourth-order valence-corrected chi connectivity index (χ4v) is 1.16. The van der Waals surface area contributed by atoms with Crippen LogP contribution in [0.1, 0.15) is 24.3 Å². The maximum Gasteiger partial charge on any atom is 0.356 e. The number of hydrogen-bond acceptors (Lipinski definition) is 3. The number of nitrogen functional groups attached to an aromatic ring is 1. The molecule has 0 aromatic carbocycles. The predicted octanol–water partition coefficient (Wildman–Crippen LogP) is 0.819. The molecule has 0 unspecified atom stereocenters. The molecule has 13 heavy (non-hydrogen) atoms. The van der Waals surface area contributed by atoms with Gasteiger partial charge in [-0.1, -0.05) is 13.8 Å². The van der Waals surface area contributed by atoms with E-state index in [1.54, 1.807) is 4.57 Å². The van der Waals surface area contributed by atoms with E-state index in [1.165, 1.54) is 6.33 Å². The van der Waals surface area contributed by atoms with E-state index in [-0.39, 0.29) is 11.5 Å². The Balaban J connectivity index is 3.00. The van der Waals surface area contributed by atoms with Crippen LogP contribution in [0.3, 0.4) is 0 Å². The minimum Gasteiger partial charge on any atom is -0.476 e. The first-order chi connectivity index (χ1) is 6.02. The number of aromatic carboxylic acids is 1. The van der Waals surface area contributed by atoms with Crippen LogP contribution >= 0.6 is 0 Å². The summed E-state index contributed by atoms with van der Waals surface area (Å²) in [7, 11) is 0. The number of aromatic nitrogens is 2. The standard InChI is InChI=1S/C8H13N3O2/c1-5(2)3-11-4-10-7(9)6(11)8(12)13/h4-5H,3,9H2,1-2H3,(H,12,13). The van der Waals surface area contributed by atoms with E-state index >= 15 is 0 Å². The number of carboxylic acid groups (broad SMARTS) is 1. The number of carboxylic acids is 1. The summed E-state index contributed by atoms with van der Waals surface area (Å²) in [5.41, 5.74) is 5.48. The summed E-state index contributed by atoms with van der Waals surface area (Å²) in [6, 6.07) is 0. The fourth-order valence-electron chi connectivity index (χ4n) is 1.16. The number of nitrogens with two attached hydrogens (primary N) is 1. The van der Waals surface area contributed by atoms with Crippen LogP contribution in [0.2, 0.25) is 0 Å².